The Morgan fingerprint density at radius 3 is 2.21 bits per heavy atom. The van der Waals surface area contributed by atoms with E-state index in [0.717, 1.165) is 5.56 Å². The average molecular weight is 277 g/mol. The molecule has 98 valence electrons. The summed E-state index contributed by atoms with van der Waals surface area (Å²) in [6.45, 7) is 1.82. The van der Waals surface area contributed by atoms with Gasteiger partial charge in [-0.25, -0.2) is 4.79 Å². The predicted octanol–water partition coefficient (Wildman–Crippen LogP) is 3.63. The van der Waals surface area contributed by atoms with Crippen LogP contribution in [0.4, 0.5) is 0 Å². The zero-order valence-corrected chi connectivity index (χ0v) is 11.2. The molecule has 0 aliphatic rings. The number of rotatable bonds is 4. The van der Waals surface area contributed by atoms with E-state index in [1.165, 1.54) is 0 Å². The van der Waals surface area contributed by atoms with E-state index in [-0.39, 0.29) is 6.61 Å². The molecule has 0 fully saturated rings. The first-order chi connectivity index (χ1) is 9.13. The minimum absolute atomic E-state index is 0.143. The van der Waals surface area contributed by atoms with Gasteiger partial charge in [0.05, 0.1) is 0 Å². The molecule has 0 atom stereocenters. The lowest BCUT2D eigenvalue weighted by Gasteiger charge is -2.07. The molecule has 0 aliphatic carbocycles. The smallest absolute Gasteiger partial charge is 0.349 e. The third-order valence-electron chi connectivity index (χ3n) is 2.42. The Kier molecular flexibility index (Phi) is 4.42. The molecule has 0 spiro atoms. The second-order valence-corrected chi connectivity index (χ2v) is 4.47. The fourth-order valence-corrected chi connectivity index (χ4v) is 1.57. The van der Waals surface area contributed by atoms with Crippen molar-refractivity contribution in [2.75, 3.05) is 6.61 Å². The Bertz CT molecular complexity index is 547. The summed E-state index contributed by atoms with van der Waals surface area (Å²) in [5.74, 6) is 0.638. The van der Waals surface area contributed by atoms with Crippen molar-refractivity contribution in [2.24, 2.45) is 0 Å². The maximum absolute atomic E-state index is 11.6. The van der Waals surface area contributed by atoms with Crippen LogP contribution in [0, 0.1) is 6.92 Å². The summed E-state index contributed by atoms with van der Waals surface area (Å²) in [4.78, 5) is 11.6. The van der Waals surface area contributed by atoms with Crippen molar-refractivity contribution in [3.05, 3.63) is 59.1 Å². The zero-order chi connectivity index (χ0) is 13.7. The number of esters is 1. The van der Waals surface area contributed by atoms with Gasteiger partial charge in [0, 0.05) is 5.02 Å². The molecule has 0 saturated heterocycles. The first-order valence-electron chi connectivity index (χ1n) is 5.79. The van der Waals surface area contributed by atoms with Crippen LogP contribution in [0.25, 0.3) is 0 Å². The monoisotopic (exact) mass is 276 g/mol. The molecule has 3 nitrogen and oxygen atoms in total. The maximum atomic E-state index is 11.6. The van der Waals surface area contributed by atoms with Gasteiger partial charge in [0.1, 0.15) is 11.5 Å². The van der Waals surface area contributed by atoms with E-state index >= 15 is 0 Å². The van der Waals surface area contributed by atoms with E-state index in [1.807, 2.05) is 19.1 Å². The molecule has 0 N–H and O–H groups in total. The molecule has 2 aromatic rings. The summed E-state index contributed by atoms with van der Waals surface area (Å²) >= 11 is 5.75. The lowest BCUT2D eigenvalue weighted by molar-refractivity contribution is -0.136. The zero-order valence-electron chi connectivity index (χ0n) is 10.4. The van der Waals surface area contributed by atoms with Crippen LogP contribution in [-0.2, 0) is 4.79 Å². The number of halogens is 1. The normalized spacial score (nSPS) is 10.0. The molecular weight excluding hydrogens is 264 g/mol. The van der Waals surface area contributed by atoms with Gasteiger partial charge < -0.3 is 9.47 Å². The fourth-order valence-electron chi connectivity index (χ4n) is 1.44. The molecule has 0 bridgehead atoms. The van der Waals surface area contributed by atoms with Crippen molar-refractivity contribution in [1.82, 2.24) is 0 Å². The minimum Gasteiger partial charge on any atom is -0.482 e. The van der Waals surface area contributed by atoms with Crippen molar-refractivity contribution in [3.63, 3.8) is 0 Å². The Balaban J connectivity index is 1.84. The van der Waals surface area contributed by atoms with Crippen LogP contribution in [0.3, 0.4) is 0 Å². The van der Waals surface area contributed by atoms with Gasteiger partial charge in [0.25, 0.3) is 0 Å². The van der Waals surface area contributed by atoms with Gasteiger partial charge in [0.15, 0.2) is 6.61 Å². The molecule has 0 heterocycles. The highest BCUT2D eigenvalue weighted by Crippen LogP contribution is 2.16. The summed E-state index contributed by atoms with van der Waals surface area (Å²) in [7, 11) is 0. The van der Waals surface area contributed by atoms with Gasteiger partial charge in [-0.15, -0.1) is 0 Å². The second-order valence-electron chi connectivity index (χ2n) is 4.03. The lowest BCUT2D eigenvalue weighted by atomic mass is 10.2. The van der Waals surface area contributed by atoms with Crippen LogP contribution in [-0.4, -0.2) is 12.6 Å². The number of ether oxygens (including phenoxy) is 2. The van der Waals surface area contributed by atoms with Gasteiger partial charge in [-0.1, -0.05) is 29.3 Å². The van der Waals surface area contributed by atoms with E-state index in [1.54, 1.807) is 36.4 Å². The molecule has 2 rings (SSSR count). The van der Waals surface area contributed by atoms with Gasteiger partial charge in [0.2, 0.25) is 0 Å². The first-order valence-corrected chi connectivity index (χ1v) is 6.17. The van der Waals surface area contributed by atoms with Crippen LogP contribution < -0.4 is 9.47 Å². The van der Waals surface area contributed by atoms with Gasteiger partial charge in [-0.2, -0.15) is 0 Å². The molecule has 0 amide bonds. The molecule has 0 unspecified atom stereocenters. The van der Waals surface area contributed by atoms with Gasteiger partial charge in [-0.05, 0) is 43.3 Å². The third-order valence-corrected chi connectivity index (χ3v) is 2.67. The first kappa shape index (κ1) is 13.4. The maximum Gasteiger partial charge on any atom is 0.349 e. The molecule has 4 heteroatoms. The summed E-state index contributed by atoms with van der Waals surface area (Å²) in [5.41, 5.74) is 1.11. The van der Waals surface area contributed by atoms with Crippen LogP contribution in [0.2, 0.25) is 5.02 Å². The lowest BCUT2D eigenvalue weighted by Crippen LogP contribution is -2.17. The Morgan fingerprint density at radius 1 is 1.00 bits per heavy atom. The van der Waals surface area contributed by atoms with Crippen LogP contribution >= 0.6 is 11.6 Å². The van der Waals surface area contributed by atoms with Crippen LogP contribution in [0.5, 0.6) is 11.5 Å². The predicted molar refractivity (Wildman–Crippen MR) is 73.8 cm³/mol. The number of aryl methyl sites for hydroxylation is 1. The number of hydrogen-bond acceptors (Lipinski definition) is 3. The van der Waals surface area contributed by atoms with Crippen LogP contribution in [0.1, 0.15) is 5.56 Å². The Hall–Kier alpha value is -2.00. The number of carbonyl (C=O) groups excluding carboxylic acids is 1. The standard InChI is InChI=1S/C15H13ClO3/c1-11-2-6-14(7-3-11)19-15(17)10-18-13-8-4-12(16)5-9-13/h2-9H,10H2,1H3. The molecule has 19 heavy (non-hydrogen) atoms. The van der Waals surface area contributed by atoms with Crippen molar-refractivity contribution >= 4 is 17.6 Å². The second kappa shape index (κ2) is 6.25. The summed E-state index contributed by atoms with van der Waals surface area (Å²) in [6, 6.07) is 14.0. The Morgan fingerprint density at radius 2 is 1.58 bits per heavy atom. The number of benzene rings is 2. The molecule has 0 saturated carbocycles. The molecular formula is C15H13ClO3. The van der Waals surface area contributed by atoms with E-state index < -0.39 is 5.97 Å². The fraction of sp³-hybridized carbons (Fsp3) is 0.133. The highest BCUT2D eigenvalue weighted by Gasteiger charge is 2.06. The van der Waals surface area contributed by atoms with Gasteiger partial charge >= 0.3 is 5.97 Å². The average Bonchev–Trinajstić information content (AvgIpc) is 2.41. The highest BCUT2D eigenvalue weighted by atomic mass is 35.5. The van der Waals surface area contributed by atoms with E-state index in [2.05, 4.69) is 0 Å². The summed E-state index contributed by atoms with van der Waals surface area (Å²) < 4.78 is 10.4. The van der Waals surface area contributed by atoms with E-state index in [9.17, 15) is 4.79 Å². The van der Waals surface area contributed by atoms with Crippen molar-refractivity contribution in [1.29, 1.82) is 0 Å². The Labute approximate surface area is 116 Å². The van der Waals surface area contributed by atoms with Gasteiger partial charge in [-0.3, -0.25) is 0 Å². The SMILES string of the molecule is Cc1ccc(OC(=O)COc2ccc(Cl)cc2)cc1. The van der Waals surface area contributed by atoms with Crippen molar-refractivity contribution < 1.29 is 14.3 Å². The van der Waals surface area contributed by atoms with Crippen LogP contribution in [0.15, 0.2) is 48.5 Å². The molecule has 0 radical (unpaired) electrons. The number of hydrogen-bond donors (Lipinski definition) is 0. The number of carbonyl (C=O) groups is 1. The quantitative estimate of drug-likeness (QED) is 0.632. The molecule has 2 aromatic carbocycles. The highest BCUT2D eigenvalue weighted by molar-refractivity contribution is 6.30. The largest absolute Gasteiger partial charge is 0.482 e. The summed E-state index contributed by atoms with van der Waals surface area (Å²) in [6.07, 6.45) is 0. The minimum atomic E-state index is -0.446. The molecule has 0 aliphatic heterocycles. The van der Waals surface area contributed by atoms with Crippen molar-refractivity contribution in [2.45, 2.75) is 6.92 Å². The summed E-state index contributed by atoms with van der Waals surface area (Å²) in [5, 5.41) is 0.620. The third kappa shape index (κ3) is 4.30. The van der Waals surface area contributed by atoms with E-state index in [0.29, 0.717) is 16.5 Å². The molecule has 0 aromatic heterocycles. The van der Waals surface area contributed by atoms with E-state index in [4.69, 9.17) is 21.1 Å². The van der Waals surface area contributed by atoms with Crippen molar-refractivity contribution in [3.8, 4) is 11.5 Å². The topological polar surface area (TPSA) is 35.5 Å².